The van der Waals surface area contributed by atoms with Crippen molar-refractivity contribution in [3.63, 3.8) is 0 Å². The maximum atomic E-state index is 3.28. The third kappa shape index (κ3) is 5.75. The van der Waals surface area contributed by atoms with Gasteiger partial charge in [-0.25, -0.2) is 0 Å². The fraction of sp³-hybridized carbons (Fsp3) is 0.647. The minimum Gasteiger partial charge on any atom is -0.319 e. The van der Waals surface area contributed by atoms with Crippen molar-refractivity contribution in [2.75, 3.05) is 33.7 Å². The normalized spacial score (nSPS) is 12.9. The lowest BCUT2D eigenvalue weighted by atomic mass is 10.0. The van der Waals surface area contributed by atoms with Crippen LogP contribution in [0.15, 0.2) is 18.2 Å². The molecule has 1 aromatic rings. The number of benzene rings is 1. The molecule has 2 nitrogen and oxygen atoms in total. The molecule has 0 aliphatic heterocycles. The first kappa shape index (κ1) is 16.2. The van der Waals surface area contributed by atoms with Crippen LogP contribution in [0.4, 0.5) is 0 Å². The summed E-state index contributed by atoms with van der Waals surface area (Å²) < 4.78 is 0. The van der Waals surface area contributed by atoms with Crippen molar-refractivity contribution in [2.45, 2.75) is 33.6 Å². The van der Waals surface area contributed by atoms with Gasteiger partial charge in [-0.2, -0.15) is 0 Å². The van der Waals surface area contributed by atoms with Crippen molar-refractivity contribution in [1.29, 1.82) is 0 Å². The summed E-state index contributed by atoms with van der Waals surface area (Å²) in [4.78, 5) is 2.46. The SMILES string of the molecule is CCC(CNC)CN(C)CCc1ccc(C)c(C)c1. The molecule has 0 heterocycles. The fourth-order valence-corrected chi connectivity index (χ4v) is 2.44. The number of nitrogens with zero attached hydrogens (tertiary/aromatic N) is 1. The van der Waals surface area contributed by atoms with Crippen molar-refractivity contribution >= 4 is 0 Å². The summed E-state index contributed by atoms with van der Waals surface area (Å²) >= 11 is 0. The van der Waals surface area contributed by atoms with Gasteiger partial charge in [0.2, 0.25) is 0 Å². The highest BCUT2D eigenvalue weighted by Crippen LogP contribution is 2.11. The van der Waals surface area contributed by atoms with Gasteiger partial charge in [0, 0.05) is 13.1 Å². The Morgan fingerprint density at radius 2 is 1.95 bits per heavy atom. The molecule has 1 unspecified atom stereocenters. The van der Waals surface area contributed by atoms with E-state index in [0.29, 0.717) is 0 Å². The van der Waals surface area contributed by atoms with Crippen LogP contribution in [-0.2, 0) is 6.42 Å². The second-order valence-electron chi connectivity index (χ2n) is 5.76. The molecule has 0 saturated heterocycles. The van der Waals surface area contributed by atoms with Gasteiger partial charge in [0.1, 0.15) is 0 Å². The Labute approximate surface area is 119 Å². The molecule has 1 rings (SSSR count). The van der Waals surface area contributed by atoms with E-state index in [-0.39, 0.29) is 0 Å². The summed E-state index contributed by atoms with van der Waals surface area (Å²) in [5.41, 5.74) is 4.25. The van der Waals surface area contributed by atoms with Crippen LogP contribution in [0.3, 0.4) is 0 Å². The largest absolute Gasteiger partial charge is 0.319 e. The van der Waals surface area contributed by atoms with E-state index in [0.717, 1.165) is 25.4 Å². The van der Waals surface area contributed by atoms with E-state index in [1.54, 1.807) is 0 Å². The van der Waals surface area contributed by atoms with E-state index in [2.05, 4.69) is 56.2 Å². The molecule has 0 saturated carbocycles. The van der Waals surface area contributed by atoms with Crippen LogP contribution in [0, 0.1) is 19.8 Å². The van der Waals surface area contributed by atoms with Gasteiger partial charge in [-0.1, -0.05) is 31.5 Å². The molecule has 0 bridgehead atoms. The molecular weight excluding hydrogens is 232 g/mol. The van der Waals surface area contributed by atoms with Crippen molar-refractivity contribution in [3.05, 3.63) is 34.9 Å². The minimum absolute atomic E-state index is 0.759. The van der Waals surface area contributed by atoms with Gasteiger partial charge in [0.25, 0.3) is 0 Å². The van der Waals surface area contributed by atoms with E-state index in [1.807, 2.05) is 7.05 Å². The number of hydrogen-bond donors (Lipinski definition) is 1. The highest BCUT2D eigenvalue weighted by Gasteiger charge is 2.08. The van der Waals surface area contributed by atoms with Crippen molar-refractivity contribution in [1.82, 2.24) is 10.2 Å². The summed E-state index contributed by atoms with van der Waals surface area (Å²) in [5, 5.41) is 3.28. The average Bonchev–Trinajstić information content (AvgIpc) is 2.39. The number of nitrogens with one attached hydrogen (secondary N) is 1. The maximum Gasteiger partial charge on any atom is 0.00189 e. The molecular formula is C17H30N2. The molecule has 108 valence electrons. The fourth-order valence-electron chi connectivity index (χ4n) is 2.44. The number of hydrogen-bond acceptors (Lipinski definition) is 2. The first-order chi connectivity index (χ1) is 9.06. The third-order valence-electron chi connectivity index (χ3n) is 3.99. The minimum atomic E-state index is 0.759. The van der Waals surface area contributed by atoms with Crippen LogP contribution in [0.1, 0.15) is 30.0 Å². The topological polar surface area (TPSA) is 15.3 Å². The highest BCUT2D eigenvalue weighted by atomic mass is 15.1. The van der Waals surface area contributed by atoms with Crippen LogP contribution >= 0.6 is 0 Å². The maximum absolute atomic E-state index is 3.28. The zero-order chi connectivity index (χ0) is 14.3. The highest BCUT2D eigenvalue weighted by molar-refractivity contribution is 5.30. The Hall–Kier alpha value is -0.860. The zero-order valence-electron chi connectivity index (χ0n) is 13.3. The van der Waals surface area contributed by atoms with Crippen molar-refractivity contribution in [3.8, 4) is 0 Å². The lowest BCUT2D eigenvalue weighted by Gasteiger charge is -2.23. The summed E-state index contributed by atoms with van der Waals surface area (Å²) in [7, 11) is 4.27. The van der Waals surface area contributed by atoms with E-state index in [9.17, 15) is 0 Å². The molecule has 19 heavy (non-hydrogen) atoms. The molecule has 2 heteroatoms. The Kier molecular flexibility index (Phi) is 7.11. The van der Waals surface area contributed by atoms with Crippen molar-refractivity contribution in [2.24, 2.45) is 5.92 Å². The van der Waals surface area contributed by atoms with Gasteiger partial charge in [-0.3, -0.25) is 0 Å². The lowest BCUT2D eigenvalue weighted by molar-refractivity contribution is 0.271. The first-order valence-corrected chi connectivity index (χ1v) is 7.46. The second kappa shape index (κ2) is 8.34. The van der Waals surface area contributed by atoms with E-state index >= 15 is 0 Å². The van der Waals surface area contributed by atoms with E-state index < -0.39 is 0 Å². The molecule has 0 aliphatic rings. The lowest BCUT2D eigenvalue weighted by Crippen LogP contribution is -2.32. The summed E-state index contributed by atoms with van der Waals surface area (Å²) in [6, 6.07) is 6.83. The van der Waals surface area contributed by atoms with Crippen LogP contribution in [0.5, 0.6) is 0 Å². The Morgan fingerprint density at radius 3 is 2.53 bits per heavy atom. The van der Waals surface area contributed by atoms with Crippen LogP contribution in [0.25, 0.3) is 0 Å². The smallest absolute Gasteiger partial charge is 0.00189 e. The van der Waals surface area contributed by atoms with E-state index in [4.69, 9.17) is 0 Å². The Morgan fingerprint density at radius 1 is 1.21 bits per heavy atom. The monoisotopic (exact) mass is 262 g/mol. The molecule has 0 aromatic heterocycles. The standard InChI is InChI=1S/C17H30N2/c1-6-16(12-18-4)13-19(5)10-9-17-8-7-14(2)15(3)11-17/h7-8,11,16,18H,6,9-10,12-13H2,1-5H3. The van der Waals surface area contributed by atoms with Gasteiger partial charge in [0.05, 0.1) is 0 Å². The second-order valence-corrected chi connectivity index (χ2v) is 5.76. The molecule has 1 aromatic carbocycles. The number of aryl methyl sites for hydroxylation is 2. The summed E-state index contributed by atoms with van der Waals surface area (Å²) in [6.07, 6.45) is 2.39. The van der Waals surface area contributed by atoms with Gasteiger partial charge in [-0.05, 0) is 63.5 Å². The van der Waals surface area contributed by atoms with E-state index in [1.165, 1.54) is 29.7 Å². The predicted octanol–water partition coefficient (Wildman–Crippen LogP) is 3.02. The molecule has 0 amide bonds. The summed E-state index contributed by atoms with van der Waals surface area (Å²) in [5.74, 6) is 0.759. The molecule has 1 N–H and O–H groups in total. The Bertz CT molecular complexity index is 374. The molecule has 0 aliphatic carbocycles. The van der Waals surface area contributed by atoms with Gasteiger partial charge < -0.3 is 10.2 Å². The van der Waals surface area contributed by atoms with Gasteiger partial charge in [-0.15, -0.1) is 0 Å². The molecule has 0 radical (unpaired) electrons. The average molecular weight is 262 g/mol. The quantitative estimate of drug-likeness (QED) is 0.775. The number of rotatable bonds is 8. The molecule has 1 atom stereocenters. The van der Waals surface area contributed by atoms with Crippen molar-refractivity contribution < 1.29 is 0 Å². The summed E-state index contributed by atoms with van der Waals surface area (Å²) in [6.45, 7) is 10.1. The van der Waals surface area contributed by atoms with Crippen LogP contribution in [-0.4, -0.2) is 38.6 Å². The zero-order valence-corrected chi connectivity index (χ0v) is 13.3. The molecule has 0 spiro atoms. The van der Waals surface area contributed by atoms with Crippen LogP contribution in [0.2, 0.25) is 0 Å². The number of likely N-dealkylation sites (N-methyl/N-ethyl adjacent to an activating group) is 1. The molecule has 0 fully saturated rings. The van der Waals surface area contributed by atoms with Gasteiger partial charge >= 0.3 is 0 Å². The van der Waals surface area contributed by atoms with Crippen LogP contribution < -0.4 is 5.32 Å². The van der Waals surface area contributed by atoms with Gasteiger partial charge in [0.15, 0.2) is 0 Å². The third-order valence-corrected chi connectivity index (χ3v) is 3.99. The predicted molar refractivity (Wildman–Crippen MR) is 84.8 cm³/mol. The first-order valence-electron chi connectivity index (χ1n) is 7.46. The Balaban J connectivity index is 2.40.